The molecule has 6 atom stereocenters. The minimum absolute atomic E-state index is 0.0728. The van der Waals surface area contributed by atoms with Gasteiger partial charge in [0.25, 0.3) is 0 Å². The van der Waals surface area contributed by atoms with Crippen molar-refractivity contribution >= 4 is 39.9 Å². The number of aromatic nitrogens is 5. The van der Waals surface area contributed by atoms with E-state index in [1.807, 2.05) is 24.3 Å². The van der Waals surface area contributed by atoms with Crippen LogP contribution in [0.2, 0.25) is 0 Å². The van der Waals surface area contributed by atoms with Crippen molar-refractivity contribution in [1.82, 2.24) is 24.1 Å². The van der Waals surface area contributed by atoms with E-state index < -0.39 is 55.2 Å². The molecule has 1 saturated heterocycles. The first kappa shape index (κ1) is 36.5. The maximum Gasteiger partial charge on any atom is 0.305 e. The number of aliphatic carboxylic acids is 1. The molecule has 1 fully saturated rings. The van der Waals surface area contributed by atoms with Crippen LogP contribution in [0.5, 0.6) is 0 Å². The van der Waals surface area contributed by atoms with Crippen molar-refractivity contribution in [3.05, 3.63) is 78.8 Å². The number of carbonyl (C=O) groups is 1. The van der Waals surface area contributed by atoms with Crippen LogP contribution >= 0.6 is 0 Å². The van der Waals surface area contributed by atoms with E-state index in [4.69, 9.17) is 15.6 Å². The molecule has 0 unspecified atom stereocenters. The van der Waals surface area contributed by atoms with Crippen LogP contribution in [0.4, 0.5) is 10.2 Å². The highest BCUT2D eigenvalue weighted by atomic mass is 19.1. The predicted octanol–water partition coefficient (Wildman–Crippen LogP) is 3.04. The molecule has 1 aliphatic heterocycles. The van der Waals surface area contributed by atoms with Gasteiger partial charge in [-0.3, -0.25) is 9.36 Å². The lowest BCUT2D eigenvalue weighted by atomic mass is 9.96. The Labute approximate surface area is 286 Å². The van der Waals surface area contributed by atoms with Gasteiger partial charge in [-0.25, -0.2) is 19.3 Å². The molecule has 3 aromatic heterocycles. The highest BCUT2D eigenvalue weighted by Crippen LogP contribution is 2.40. The lowest BCUT2D eigenvalue weighted by Crippen LogP contribution is -2.44. The molecule has 4 heterocycles. The van der Waals surface area contributed by atoms with E-state index in [1.54, 1.807) is 24.3 Å². The van der Waals surface area contributed by atoms with E-state index in [-0.39, 0.29) is 24.1 Å². The van der Waals surface area contributed by atoms with E-state index in [9.17, 15) is 34.7 Å². The number of hydrogen-bond donors (Lipinski definition) is 7. The Hall–Kier alpha value is -4.77. The first-order valence-corrected chi connectivity index (χ1v) is 16.0. The number of imidazole rings is 1. The number of anilines is 1. The zero-order valence-corrected chi connectivity index (χ0v) is 27.7. The number of carboxylic acid groups (broad SMARTS) is 1. The predicted molar refractivity (Wildman–Crippen MR) is 183 cm³/mol. The van der Waals surface area contributed by atoms with Crippen molar-refractivity contribution in [2.45, 2.75) is 75.9 Å². The molecule has 8 N–H and O–H groups in total. The summed E-state index contributed by atoms with van der Waals surface area (Å²) in [4.78, 5) is 22.7. The quantitative estimate of drug-likeness (QED) is 0.112. The number of ether oxygens (including phenoxy) is 1. The van der Waals surface area contributed by atoms with Crippen LogP contribution in [0.1, 0.15) is 51.6 Å². The number of nitrogen functional groups attached to an aromatic ring is 1. The molecule has 0 amide bonds. The fourth-order valence-corrected chi connectivity index (χ4v) is 6.20. The smallest absolute Gasteiger partial charge is 0.305 e. The van der Waals surface area contributed by atoms with Gasteiger partial charge < -0.3 is 45.7 Å². The van der Waals surface area contributed by atoms with Gasteiger partial charge >= 0.3 is 5.97 Å². The maximum atomic E-state index is 13.5. The average molecular weight is 693 g/mol. The number of aliphatic hydroxyl groups excluding tert-OH is 4. The summed E-state index contributed by atoms with van der Waals surface area (Å²) in [7, 11) is 0. The molecule has 0 bridgehead atoms. The monoisotopic (exact) mass is 692 g/mol. The number of halogens is 1. The van der Waals surface area contributed by atoms with E-state index in [0.717, 1.165) is 27.7 Å². The van der Waals surface area contributed by atoms with Gasteiger partial charge in [0.05, 0.1) is 31.6 Å². The van der Waals surface area contributed by atoms with Gasteiger partial charge in [-0.05, 0) is 50.6 Å². The van der Waals surface area contributed by atoms with E-state index in [2.05, 4.69) is 33.4 Å². The summed E-state index contributed by atoms with van der Waals surface area (Å²) in [5, 5.41) is 59.4. The van der Waals surface area contributed by atoms with Gasteiger partial charge in [0.1, 0.15) is 35.5 Å². The second kappa shape index (κ2) is 15.0. The van der Waals surface area contributed by atoms with E-state index >= 15 is 0 Å². The Morgan fingerprint density at radius 3 is 2.46 bits per heavy atom. The number of rotatable bonds is 10. The number of para-hydroxylation sites is 1. The van der Waals surface area contributed by atoms with Crippen LogP contribution in [-0.2, 0) is 9.53 Å². The molecule has 0 spiro atoms. The largest absolute Gasteiger partial charge is 0.481 e. The number of aliphatic hydroxyl groups is 5. The number of nitrogens with two attached hydrogens (primary N) is 1. The molecule has 0 radical (unpaired) electrons. The molecule has 2 aromatic carbocycles. The highest BCUT2D eigenvalue weighted by Gasteiger charge is 2.53. The summed E-state index contributed by atoms with van der Waals surface area (Å²) in [5.41, 5.74) is 8.52. The zero-order chi connectivity index (χ0) is 36.3. The van der Waals surface area contributed by atoms with Gasteiger partial charge in [-0.1, -0.05) is 36.4 Å². The second-order valence-electron chi connectivity index (χ2n) is 12.6. The van der Waals surface area contributed by atoms with Crippen LogP contribution in [0.25, 0.3) is 39.3 Å². The number of nitrogens with zero attached hydrogens (tertiary/aromatic N) is 5. The third-order valence-electron chi connectivity index (χ3n) is 8.57. The Bertz CT molecular complexity index is 1980. The minimum atomic E-state index is -1.60. The maximum absolute atomic E-state index is 13.5. The van der Waals surface area contributed by atoms with Gasteiger partial charge in [-0.15, -0.1) is 0 Å². The molecule has 6 rings (SSSR count). The normalized spacial score (nSPS) is 21.9. The Balaban J connectivity index is 0.000000210. The number of fused-ring (bicyclic) bond motifs is 2. The van der Waals surface area contributed by atoms with Crippen molar-refractivity contribution in [2.75, 3.05) is 12.3 Å². The van der Waals surface area contributed by atoms with Crippen LogP contribution in [0.15, 0.2) is 67.3 Å². The minimum Gasteiger partial charge on any atom is -0.481 e. The topological polar surface area (TPSA) is 222 Å². The standard InChI is InChI=1S/C24H26FNO4.C11H15N5O4/c1-15(2)26-21-6-4-3-5-20(21)24(16-7-9-17(25)10-8-16)22(26)12-11-18(27)13-19(28)14-23(29)30;1-11(19)7(18)5(2-17)20-10(11)16-4-15-6-8(12)13-3-14-9(6)16/h3-12,15,18-19,27-28H,13-14H2,1-2H3,(H,29,30);3-5,7,10,17-19H,2H2,1H3,(H2,12,13,14)/b12-11+;/t18-,19-;5-,7-,10-,11-/m11/s1. The highest BCUT2D eigenvalue weighted by molar-refractivity contribution is 6.01. The molecule has 50 heavy (non-hydrogen) atoms. The molecule has 1 aliphatic rings. The fraction of sp³-hybridized carbons (Fsp3) is 0.371. The van der Waals surface area contributed by atoms with Crippen LogP contribution in [-0.4, -0.2) is 97.3 Å². The Morgan fingerprint density at radius 1 is 1.12 bits per heavy atom. The molecular weight excluding hydrogens is 651 g/mol. The fourth-order valence-electron chi connectivity index (χ4n) is 6.20. The number of carboxylic acids is 1. The summed E-state index contributed by atoms with van der Waals surface area (Å²) in [6.45, 7) is 5.14. The zero-order valence-electron chi connectivity index (χ0n) is 27.7. The molecule has 0 saturated carbocycles. The van der Waals surface area contributed by atoms with E-state index in [0.29, 0.717) is 11.2 Å². The Morgan fingerprint density at radius 2 is 1.82 bits per heavy atom. The van der Waals surface area contributed by atoms with Crippen LogP contribution in [0.3, 0.4) is 0 Å². The lowest BCUT2D eigenvalue weighted by molar-refractivity contribution is -0.139. The van der Waals surface area contributed by atoms with Gasteiger partial charge in [0.15, 0.2) is 17.7 Å². The second-order valence-corrected chi connectivity index (χ2v) is 12.6. The van der Waals surface area contributed by atoms with Crippen molar-refractivity contribution in [2.24, 2.45) is 0 Å². The summed E-state index contributed by atoms with van der Waals surface area (Å²) in [6, 6.07) is 14.4. The first-order chi connectivity index (χ1) is 23.7. The summed E-state index contributed by atoms with van der Waals surface area (Å²) in [5.74, 6) is -1.21. The SMILES string of the molecule is CC(C)n1c(/C=C/[C@@H](O)C[C@@H](O)CC(=O)O)c(-c2ccc(F)cc2)c2ccccc21.C[C@@]1(O)[C@H](O)[C@@H](CO)O[C@H]1n1cnc2c(N)ncnc21. The molecule has 15 heteroatoms. The molecular formula is C35H41FN6O8. The summed E-state index contributed by atoms with van der Waals surface area (Å²) in [6.07, 6.45) is 0.362. The molecule has 14 nitrogen and oxygen atoms in total. The first-order valence-electron chi connectivity index (χ1n) is 16.0. The van der Waals surface area contributed by atoms with Crippen molar-refractivity contribution in [3.8, 4) is 11.1 Å². The van der Waals surface area contributed by atoms with Gasteiger partial charge in [0.2, 0.25) is 0 Å². The third-order valence-corrected chi connectivity index (χ3v) is 8.57. The number of hydrogen-bond acceptors (Lipinski definition) is 11. The summed E-state index contributed by atoms with van der Waals surface area (Å²) >= 11 is 0. The van der Waals surface area contributed by atoms with Crippen LogP contribution < -0.4 is 5.73 Å². The number of benzene rings is 2. The van der Waals surface area contributed by atoms with Crippen molar-refractivity contribution in [3.63, 3.8) is 0 Å². The van der Waals surface area contributed by atoms with Crippen molar-refractivity contribution in [1.29, 1.82) is 0 Å². The summed E-state index contributed by atoms with van der Waals surface area (Å²) < 4.78 is 22.6. The Kier molecular flexibility index (Phi) is 11.0. The van der Waals surface area contributed by atoms with Gasteiger partial charge in [-0.2, -0.15) is 0 Å². The molecule has 0 aliphatic carbocycles. The molecule has 266 valence electrons. The third kappa shape index (κ3) is 7.38. The van der Waals surface area contributed by atoms with E-state index in [1.165, 1.54) is 36.3 Å². The molecule has 5 aromatic rings. The average Bonchev–Trinajstić information content (AvgIpc) is 3.70. The van der Waals surface area contributed by atoms with Crippen LogP contribution in [0, 0.1) is 5.82 Å². The lowest BCUT2D eigenvalue weighted by Gasteiger charge is -2.27. The van der Waals surface area contributed by atoms with Gasteiger partial charge in [0, 0.05) is 34.6 Å². The van der Waals surface area contributed by atoms with Crippen molar-refractivity contribution < 1.29 is 44.6 Å².